The van der Waals surface area contributed by atoms with Gasteiger partial charge in [-0.2, -0.15) is 0 Å². The molecule has 2 aromatic rings. The van der Waals surface area contributed by atoms with Crippen molar-refractivity contribution in [3.8, 4) is 11.4 Å². The van der Waals surface area contributed by atoms with E-state index in [1.54, 1.807) is 11.7 Å². The maximum Gasteiger partial charge on any atom is 0.228 e. The number of nitrogens with one attached hydrogen (secondary N) is 2. The maximum atomic E-state index is 12.5. The second-order valence-electron chi connectivity index (χ2n) is 6.57. The van der Waals surface area contributed by atoms with Gasteiger partial charge < -0.3 is 10.6 Å². The first-order chi connectivity index (χ1) is 11.2. The van der Waals surface area contributed by atoms with Crippen molar-refractivity contribution < 1.29 is 4.79 Å². The van der Waals surface area contributed by atoms with E-state index in [0.717, 1.165) is 43.6 Å². The second kappa shape index (κ2) is 6.49. The lowest BCUT2D eigenvalue weighted by Gasteiger charge is -2.23. The zero-order valence-corrected chi connectivity index (χ0v) is 14.3. The van der Waals surface area contributed by atoms with E-state index >= 15 is 0 Å². The number of carbonyl (C=O) groups excluding carboxylic acids is 1. The molecule has 4 rings (SSSR count). The smallest absolute Gasteiger partial charge is 0.228 e. The quantitative estimate of drug-likeness (QED) is 0.880. The molecule has 1 atom stereocenters. The summed E-state index contributed by atoms with van der Waals surface area (Å²) >= 11 is 0. The summed E-state index contributed by atoms with van der Waals surface area (Å²) in [6.07, 6.45) is 3.24. The summed E-state index contributed by atoms with van der Waals surface area (Å²) in [5, 5.41) is 17.9. The first-order valence-corrected chi connectivity index (χ1v) is 8.02. The van der Waals surface area contributed by atoms with Crippen LogP contribution in [0.2, 0.25) is 0 Å². The molecule has 1 spiro atoms. The summed E-state index contributed by atoms with van der Waals surface area (Å²) in [4.78, 5) is 12.5. The van der Waals surface area contributed by atoms with E-state index < -0.39 is 0 Å². The van der Waals surface area contributed by atoms with Gasteiger partial charge in [0.15, 0.2) is 5.82 Å². The highest BCUT2D eigenvalue weighted by molar-refractivity contribution is 5.95. The standard InChI is InChI=1S/C16H20N6O.ClH/c1-22-14(19-20-21-22)11-3-2-4-12(9-11)18-15(23)13-10-16(13)5-7-17-8-6-16;/h2-4,9,13,17H,5-8,10H2,1H3,(H,18,23);1H. The molecule has 1 aromatic carbocycles. The van der Waals surface area contributed by atoms with Gasteiger partial charge in [0.1, 0.15) is 0 Å². The molecular formula is C16H21ClN6O. The van der Waals surface area contributed by atoms with Crippen molar-refractivity contribution in [2.24, 2.45) is 18.4 Å². The van der Waals surface area contributed by atoms with E-state index in [1.165, 1.54) is 0 Å². The van der Waals surface area contributed by atoms with Gasteiger partial charge in [-0.05, 0) is 60.3 Å². The Morgan fingerprint density at radius 3 is 2.88 bits per heavy atom. The lowest BCUT2D eigenvalue weighted by atomic mass is 9.92. The number of benzene rings is 1. The zero-order valence-electron chi connectivity index (χ0n) is 13.5. The van der Waals surface area contributed by atoms with Crippen LogP contribution in [-0.4, -0.2) is 39.2 Å². The van der Waals surface area contributed by atoms with Gasteiger partial charge in [0, 0.05) is 24.2 Å². The summed E-state index contributed by atoms with van der Waals surface area (Å²) in [6.45, 7) is 2.05. The molecule has 1 saturated carbocycles. The number of anilines is 1. The highest BCUT2D eigenvalue weighted by Crippen LogP contribution is 2.58. The molecule has 24 heavy (non-hydrogen) atoms. The predicted octanol–water partition coefficient (Wildman–Crippen LogP) is 1.63. The summed E-state index contributed by atoms with van der Waals surface area (Å²) in [6, 6.07) is 7.67. The Morgan fingerprint density at radius 2 is 2.17 bits per heavy atom. The molecule has 1 saturated heterocycles. The Kier molecular flexibility index (Phi) is 4.56. The van der Waals surface area contributed by atoms with Crippen molar-refractivity contribution in [3.05, 3.63) is 24.3 Å². The van der Waals surface area contributed by atoms with Crippen LogP contribution in [0.3, 0.4) is 0 Å². The van der Waals surface area contributed by atoms with Crippen LogP contribution >= 0.6 is 12.4 Å². The van der Waals surface area contributed by atoms with Gasteiger partial charge in [-0.15, -0.1) is 17.5 Å². The molecule has 0 radical (unpaired) electrons. The van der Waals surface area contributed by atoms with E-state index in [2.05, 4.69) is 26.2 Å². The van der Waals surface area contributed by atoms with E-state index in [1.807, 2.05) is 24.3 Å². The SMILES string of the molecule is Cl.Cn1nnnc1-c1cccc(NC(=O)C2CC23CCNCC3)c1. The number of nitrogens with zero attached hydrogens (tertiary/aromatic N) is 4. The first-order valence-electron chi connectivity index (χ1n) is 8.02. The van der Waals surface area contributed by atoms with Crippen molar-refractivity contribution in [1.82, 2.24) is 25.5 Å². The Morgan fingerprint density at radius 1 is 1.38 bits per heavy atom. The number of rotatable bonds is 3. The average Bonchev–Trinajstić information content (AvgIpc) is 3.07. The molecular weight excluding hydrogens is 328 g/mol. The van der Waals surface area contributed by atoms with Crippen LogP contribution in [0.15, 0.2) is 24.3 Å². The highest BCUT2D eigenvalue weighted by atomic mass is 35.5. The Bertz CT molecular complexity index is 740. The molecule has 1 unspecified atom stereocenters. The van der Waals surface area contributed by atoms with Crippen LogP contribution in [0.5, 0.6) is 0 Å². The van der Waals surface area contributed by atoms with Crippen molar-refractivity contribution in [2.75, 3.05) is 18.4 Å². The average molecular weight is 349 g/mol. The molecule has 1 aliphatic heterocycles. The fourth-order valence-electron chi connectivity index (χ4n) is 3.64. The van der Waals surface area contributed by atoms with Gasteiger partial charge in [-0.25, -0.2) is 4.68 Å². The molecule has 1 aromatic heterocycles. The van der Waals surface area contributed by atoms with Crippen LogP contribution < -0.4 is 10.6 Å². The van der Waals surface area contributed by atoms with Gasteiger partial charge in [-0.3, -0.25) is 4.79 Å². The molecule has 2 heterocycles. The van der Waals surface area contributed by atoms with E-state index in [-0.39, 0.29) is 29.6 Å². The molecule has 0 bridgehead atoms. The maximum absolute atomic E-state index is 12.5. The minimum atomic E-state index is 0. The van der Waals surface area contributed by atoms with Crippen LogP contribution in [0.4, 0.5) is 5.69 Å². The zero-order chi connectivity index (χ0) is 15.9. The third-order valence-electron chi connectivity index (χ3n) is 5.11. The fraction of sp³-hybridized carbons (Fsp3) is 0.500. The van der Waals surface area contributed by atoms with E-state index in [4.69, 9.17) is 0 Å². The van der Waals surface area contributed by atoms with Crippen molar-refractivity contribution >= 4 is 24.0 Å². The molecule has 7 nitrogen and oxygen atoms in total. The molecule has 2 fully saturated rings. The topological polar surface area (TPSA) is 84.7 Å². The molecule has 128 valence electrons. The number of carbonyl (C=O) groups is 1. The normalized spacial score (nSPS) is 21.1. The largest absolute Gasteiger partial charge is 0.326 e. The summed E-state index contributed by atoms with van der Waals surface area (Å²) in [5.41, 5.74) is 1.94. The minimum Gasteiger partial charge on any atom is -0.326 e. The van der Waals surface area contributed by atoms with Gasteiger partial charge in [-0.1, -0.05) is 12.1 Å². The third-order valence-corrected chi connectivity index (χ3v) is 5.11. The number of piperidine rings is 1. The Labute approximate surface area is 146 Å². The van der Waals surface area contributed by atoms with Crippen LogP contribution in [0.1, 0.15) is 19.3 Å². The van der Waals surface area contributed by atoms with Gasteiger partial charge in [0.05, 0.1) is 0 Å². The summed E-state index contributed by atoms with van der Waals surface area (Å²) in [7, 11) is 1.80. The minimum absolute atomic E-state index is 0. The predicted molar refractivity (Wildman–Crippen MR) is 92.8 cm³/mol. The van der Waals surface area contributed by atoms with Crippen LogP contribution in [0, 0.1) is 11.3 Å². The van der Waals surface area contributed by atoms with Crippen molar-refractivity contribution in [2.45, 2.75) is 19.3 Å². The van der Waals surface area contributed by atoms with Crippen molar-refractivity contribution in [3.63, 3.8) is 0 Å². The van der Waals surface area contributed by atoms with E-state index in [9.17, 15) is 4.79 Å². The number of hydrogen-bond acceptors (Lipinski definition) is 5. The lowest BCUT2D eigenvalue weighted by molar-refractivity contribution is -0.118. The Hall–Kier alpha value is -1.99. The number of hydrogen-bond donors (Lipinski definition) is 2. The number of aryl methyl sites for hydroxylation is 1. The number of tetrazole rings is 1. The third kappa shape index (κ3) is 3.01. The number of halogens is 1. The first kappa shape index (κ1) is 16.9. The molecule has 2 aliphatic rings. The van der Waals surface area contributed by atoms with Gasteiger partial charge >= 0.3 is 0 Å². The lowest BCUT2D eigenvalue weighted by Crippen LogP contribution is -2.31. The Balaban J connectivity index is 0.00000169. The van der Waals surface area contributed by atoms with Crippen molar-refractivity contribution in [1.29, 1.82) is 0 Å². The summed E-state index contributed by atoms with van der Waals surface area (Å²) in [5.74, 6) is 0.979. The molecule has 1 aliphatic carbocycles. The fourth-order valence-corrected chi connectivity index (χ4v) is 3.64. The highest BCUT2D eigenvalue weighted by Gasteiger charge is 2.57. The van der Waals surface area contributed by atoms with Crippen LogP contribution in [0.25, 0.3) is 11.4 Å². The molecule has 8 heteroatoms. The van der Waals surface area contributed by atoms with Gasteiger partial charge in [0.25, 0.3) is 0 Å². The summed E-state index contributed by atoms with van der Waals surface area (Å²) < 4.78 is 1.62. The van der Waals surface area contributed by atoms with E-state index in [0.29, 0.717) is 5.82 Å². The number of aromatic nitrogens is 4. The second-order valence-corrected chi connectivity index (χ2v) is 6.57. The van der Waals surface area contributed by atoms with Gasteiger partial charge in [0.2, 0.25) is 5.91 Å². The number of amides is 1. The molecule has 2 N–H and O–H groups in total. The monoisotopic (exact) mass is 348 g/mol. The van der Waals surface area contributed by atoms with Crippen LogP contribution in [-0.2, 0) is 11.8 Å². The molecule has 1 amide bonds.